The highest BCUT2D eigenvalue weighted by Gasteiger charge is 2.35. The smallest absolute Gasteiger partial charge is 0.230 e. The first kappa shape index (κ1) is 10.2. The summed E-state index contributed by atoms with van der Waals surface area (Å²) in [5.41, 5.74) is 0.368. The molecule has 0 heterocycles. The third kappa shape index (κ3) is 1.39. The first-order valence-electron chi connectivity index (χ1n) is 5.06. The van der Waals surface area contributed by atoms with E-state index in [-0.39, 0.29) is 10.9 Å². The quantitative estimate of drug-likeness (QED) is 0.673. The molecule has 0 unspecified atom stereocenters. The molecule has 0 N–H and O–H groups in total. The zero-order valence-corrected chi connectivity index (χ0v) is 8.44. The molecular formula is C14H8O2. The molecule has 0 amide bonds. The van der Waals surface area contributed by atoms with Crippen molar-refractivity contribution in [1.29, 1.82) is 0 Å². The molecule has 0 aromatic heterocycles. The fourth-order valence-electron chi connectivity index (χ4n) is 2.02. The van der Waals surface area contributed by atoms with Gasteiger partial charge in [-0.2, -0.15) is 0 Å². The molecule has 16 heavy (non-hydrogen) atoms. The summed E-state index contributed by atoms with van der Waals surface area (Å²) >= 11 is 0. The number of rotatable bonds is 2. The molecule has 2 fully saturated rings. The summed E-state index contributed by atoms with van der Waals surface area (Å²) in [4.78, 5) is 23.1. The van der Waals surface area contributed by atoms with E-state index in [0.717, 1.165) is 11.8 Å². The maximum atomic E-state index is 11.6. The molecular weight excluding hydrogens is 200 g/mol. The summed E-state index contributed by atoms with van der Waals surface area (Å²) in [5.74, 6) is 1.67. The summed E-state index contributed by atoms with van der Waals surface area (Å²) in [5, 5.41) is 0. The van der Waals surface area contributed by atoms with E-state index < -0.39 is 0 Å². The van der Waals surface area contributed by atoms with E-state index >= 15 is 0 Å². The van der Waals surface area contributed by atoms with Crippen molar-refractivity contribution >= 4 is 0 Å². The van der Waals surface area contributed by atoms with Crippen molar-refractivity contribution in [1.82, 2.24) is 0 Å². The van der Waals surface area contributed by atoms with E-state index in [1.807, 2.05) is 51.4 Å². The predicted molar refractivity (Wildman–Crippen MR) is 60.4 cm³/mol. The molecule has 76 valence electrons. The molecule has 1 aromatic carbocycles. The lowest BCUT2D eigenvalue weighted by Gasteiger charge is -2.19. The molecule has 2 aliphatic rings. The Morgan fingerprint density at radius 3 is 1.19 bits per heavy atom. The van der Waals surface area contributed by atoms with E-state index in [1.54, 1.807) is 0 Å². The van der Waals surface area contributed by atoms with Crippen LogP contribution in [0.4, 0.5) is 0 Å². The fraction of sp³-hybridized carbons (Fsp3) is 0. The second-order valence-electron chi connectivity index (χ2n) is 3.76. The van der Waals surface area contributed by atoms with Crippen LogP contribution in [0.15, 0.2) is 9.59 Å². The highest BCUT2D eigenvalue weighted by Crippen LogP contribution is 2.36. The SMILES string of the molecule is O=c1c([C]2[CH][CH][CH][CH]2)c([C]2[CH][CH][CH][CH]2)c1=O. The van der Waals surface area contributed by atoms with E-state index in [1.165, 1.54) is 0 Å². The monoisotopic (exact) mass is 208 g/mol. The minimum atomic E-state index is -0.373. The summed E-state index contributed by atoms with van der Waals surface area (Å²) in [7, 11) is 0. The second kappa shape index (κ2) is 3.83. The van der Waals surface area contributed by atoms with Gasteiger partial charge in [0.25, 0.3) is 0 Å². The summed E-state index contributed by atoms with van der Waals surface area (Å²) in [6.45, 7) is 0. The van der Waals surface area contributed by atoms with Crippen molar-refractivity contribution in [3.8, 4) is 0 Å². The van der Waals surface area contributed by atoms with Gasteiger partial charge in [-0.25, -0.2) is 0 Å². The standard InChI is InChI=1S/C14H8O2/c15-13-11(9-5-1-2-6-9)12(14(13)16)10-7-3-4-8-10/h1-8H. The highest BCUT2D eigenvalue weighted by atomic mass is 16.2. The van der Waals surface area contributed by atoms with Crippen LogP contribution in [-0.4, -0.2) is 0 Å². The second-order valence-corrected chi connectivity index (χ2v) is 3.76. The normalized spacial score (nSPS) is 23.5. The lowest BCUT2D eigenvalue weighted by Crippen LogP contribution is -2.42. The molecule has 0 atom stereocenters. The molecule has 2 heteroatoms. The van der Waals surface area contributed by atoms with Crippen LogP contribution in [0, 0.1) is 63.2 Å². The average molecular weight is 208 g/mol. The molecule has 3 rings (SSSR count). The lowest BCUT2D eigenvalue weighted by atomic mass is 9.81. The third-order valence-electron chi connectivity index (χ3n) is 2.81. The Morgan fingerprint density at radius 2 is 0.875 bits per heavy atom. The Balaban J connectivity index is 1.95. The van der Waals surface area contributed by atoms with Gasteiger partial charge in [0.1, 0.15) is 0 Å². The molecule has 1 aromatic rings. The molecule has 2 aliphatic carbocycles. The van der Waals surface area contributed by atoms with Crippen molar-refractivity contribution in [2.45, 2.75) is 0 Å². The van der Waals surface area contributed by atoms with Crippen molar-refractivity contribution < 1.29 is 0 Å². The van der Waals surface area contributed by atoms with Crippen LogP contribution >= 0.6 is 0 Å². The predicted octanol–water partition coefficient (Wildman–Crippen LogP) is 0.789. The van der Waals surface area contributed by atoms with Gasteiger partial charge in [-0.15, -0.1) is 0 Å². The maximum Gasteiger partial charge on any atom is 0.230 e. The lowest BCUT2D eigenvalue weighted by molar-refractivity contribution is 1.09. The van der Waals surface area contributed by atoms with Crippen LogP contribution in [0.5, 0.6) is 0 Å². The Kier molecular flexibility index (Phi) is 2.45. The average Bonchev–Trinajstić information content (AvgIpc) is 2.96. The van der Waals surface area contributed by atoms with Crippen molar-refractivity contribution in [3.05, 3.63) is 94.8 Å². The van der Waals surface area contributed by atoms with Crippen molar-refractivity contribution in [2.75, 3.05) is 0 Å². The third-order valence-corrected chi connectivity index (χ3v) is 2.81. The van der Waals surface area contributed by atoms with Gasteiger partial charge in [-0.3, -0.25) is 9.59 Å². The molecule has 2 saturated carbocycles. The molecule has 10 radical (unpaired) electrons. The van der Waals surface area contributed by atoms with Crippen molar-refractivity contribution in [2.24, 2.45) is 0 Å². The van der Waals surface area contributed by atoms with Gasteiger partial charge in [0.15, 0.2) is 0 Å². The summed E-state index contributed by atoms with van der Waals surface area (Å²) < 4.78 is 0. The Morgan fingerprint density at radius 1 is 0.562 bits per heavy atom. The molecule has 0 saturated heterocycles. The van der Waals surface area contributed by atoms with Gasteiger partial charge < -0.3 is 0 Å². The molecule has 0 aliphatic heterocycles. The van der Waals surface area contributed by atoms with E-state index in [2.05, 4.69) is 0 Å². The van der Waals surface area contributed by atoms with E-state index in [9.17, 15) is 9.59 Å². The first-order valence-corrected chi connectivity index (χ1v) is 5.06. The maximum absolute atomic E-state index is 11.6. The molecule has 2 nitrogen and oxygen atoms in total. The van der Waals surface area contributed by atoms with E-state index in [4.69, 9.17) is 0 Å². The fourth-order valence-corrected chi connectivity index (χ4v) is 2.02. The number of hydrogen-bond donors (Lipinski definition) is 0. The van der Waals surface area contributed by atoms with Gasteiger partial charge in [-0.05, 0) is 51.4 Å². The highest BCUT2D eigenvalue weighted by molar-refractivity contribution is 5.64. The summed E-state index contributed by atoms with van der Waals surface area (Å²) in [6, 6.07) is 0. The largest absolute Gasteiger partial charge is 0.285 e. The van der Waals surface area contributed by atoms with Crippen molar-refractivity contribution in [3.63, 3.8) is 0 Å². The van der Waals surface area contributed by atoms with Crippen LogP contribution < -0.4 is 10.9 Å². The van der Waals surface area contributed by atoms with Gasteiger partial charge in [0, 0.05) is 23.0 Å². The summed E-state index contributed by atoms with van der Waals surface area (Å²) in [6.07, 6.45) is 14.8. The topological polar surface area (TPSA) is 34.1 Å². The van der Waals surface area contributed by atoms with Crippen LogP contribution in [0.2, 0.25) is 0 Å². The minimum Gasteiger partial charge on any atom is -0.285 e. The molecule has 0 bridgehead atoms. The van der Waals surface area contributed by atoms with E-state index in [0.29, 0.717) is 11.1 Å². The van der Waals surface area contributed by atoms with Crippen LogP contribution in [0.3, 0.4) is 0 Å². The Labute approximate surface area is 95.4 Å². The van der Waals surface area contributed by atoms with Crippen LogP contribution in [0.1, 0.15) is 11.1 Å². The Bertz CT molecular complexity index is 409. The zero-order chi connectivity index (χ0) is 11.1. The minimum absolute atomic E-state index is 0.373. The zero-order valence-electron chi connectivity index (χ0n) is 8.44. The number of hydrogen-bond acceptors (Lipinski definition) is 2. The Hall–Kier alpha value is -0.920. The first-order chi connectivity index (χ1) is 7.79. The van der Waals surface area contributed by atoms with Crippen LogP contribution in [-0.2, 0) is 0 Å². The van der Waals surface area contributed by atoms with Gasteiger partial charge in [0.2, 0.25) is 10.9 Å². The van der Waals surface area contributed by atoms with Gasteiger partial charge in [-0.1, -0.05) is 0 Å². The van der Waals surface area contributed by atoms with Crippen LogP contribution in [0.25, 0.3) is 0 Å². The molecule has 0 spiro atoms. The van der Waals surface area contributed by atoms with Gasteiger partial charge >= 0.3 is 0 Å². The van der Waals surface area contributed by atoms with Gasteiger partial charge in [0.05, 0.1) is 0 Å².